The SMILES string of the molecule is C1Oc2nnnn2O1. The number of nitrogens with zero attached hydrogens (tertiary/aromatic N) is 4. The Morgan fingerprint density at radius 3 is 3.50 bits per heavy atom. The van der Waals surface area contributed by atoms with Gasteiger partial charge >= 0.3 is 6.01 Å². The van der Waals surface area contributed by atoms with Crippen LogP contribution in [-0.4, -0.2) is 27.2 Å². The van der Waals surface area contributed by atoms with Gasteiger partial charge < -0.3 is 9.57 Å². The average molecular weight is 114 g/mol. The summed E-state index contributed by atoms with van der Waals surface area (Å²) >= 11 is 0. The molecule has 0 spiro atoms. The average Bonchev–Trinajstić information content (AvgIpc) is 2.15. The molecule has 6 nitrogen and oxygen atoms in total. The lowest BCUT2D eigenvalue weighted by atomic mass is 11.2. The molecule has 0 bridgehead atoms. The molecule has 0 saturated carbocycles. The van der Waals surface area contributed by atoms with Crippen LogP contribution in [0, 0.1) is 0 Å². The van der Waals surface area contributed by atoms with Gasteiger partial charge in [0.15, 0.2) is 0 Å². The van der Waals surface area contributed by atoms with Crippen molar-refractivity contribution in [2.24, 2.45) is 0 Å². The highest BCUT2D eigenvalue weighted by molar-refractivity contribution is 4.85. The van der Waals surface area contributed by atoms with Crippen molar-refractivity contribution < 1.29 is 9.57 Å². The fraction of sp³-hybridized carbons (Fsp3) is 0.500. The van der Waals surface area contributed by atoms with Crippen molar-refractivity contribution in [3.8, 4) is 6.01 Å². The molecule has 0 aliphatic carbocycles. The highest BCUT2D eigenvalue weighted by Gasteiger charge is 2.14. The predicted molar refractivity (Wildman–Crippen MR) is 19.9 cm³/mol. The van der Waals surface area contributed by atoms with E-state index in [0.29, 0.717) is 6.01 Å². The summed E-state index contributed by atoms with van der Waals surface area (Å²) < 4.78 is 4.74. The lowest BCUT2D eigenvalue weighted by Gasteiger charge is -1.83. The standard InChI is InChI=1S/C2H2N4O2/c1-7-2-3-4-5-6(2)8-1/h1H2. The number of hydrogen-bond donors (Lipinski definition) is 0. The summed E-state index contributed by atoms with van der Waals surface area (Å²) in [5.41, 5.74) is 0. The van der Waals surface area contributed by atoms with E-state index in [0.717, 1.165) is 4.85 Å². The Morgan fingerprint density at radius 1 is 1.62 bits per heavy atom. The number of fused-ring (bicyclic) bond motifs is 1. The topological polar surface area (TPSA) is 62.1 Å². The van der Waals surface area contributed by atoms with Crippen LogP contribution in [0.1, 0.15) is 0 Å². The fourth-order valence-electron chi connectivity index (χ4n) is 0.465. The monoisotopic (exact) mass is 114 g/mol. The molecule has 1 aliphatic heterocycles. The summed E-state index contributed by atoms with van der Waals surface area (Å²) in [6.07, 6.45) is 0. The van der Waals surface area contributed by atoms with Gasteiger partial charge in [-0.1, -0.05) is 5.10 Å². The van der Waals surface area contributed by atoms with Crippen LogP contribution in [0.25, 0.3) is 0 Å². The zero-order valence-electron chi connectivity index (χ0n) is 3.81. The van der Waals surface area contributed by atoms with E-state index in [-0.39, 0.29) is 6.79 Å². The van der Waals surface area contributed by atoms with Gasteiger partial charge in [-0.25, -0.2) is 0 Å². The Labute approximate surface area is 44.0 Å². The first kappa shape index (κ1) is 3.65. The second-order valence-electron chi connectivity index (χ2n) is 1.23. The first-order valence-corrected chi connectivity index (χ1v) is 2.01. The molecule has 1 aromatic heterocycles. The van der Waals surface area contributed by atoms with Crippen LogP contribution in [0.5, 0.6) is 6.01 Å². The largest absolute Gasteiger partial charge is 0.420 e. The quantitative estimate of drug-likeness (QED) is 0.408. The van der Waals surface area contributed by atoms with Crippen molar-refractivity contribution in [2.45, 2.75) is 0 Å². The molecule has 0 amide bonds. The maximum Gasteiger partial charge on any atom is 0.374 e. The molecule has 0 radical (unpaired) electrons. The minimum absolute atomic E-state index is 0.178. The molecule has 0 unspecified atom stereocenters. The van der Waals surface area contributed by atoms with Gasteiger partial charge in [-0.05, 0) is 15.3 Å². The van der Waals surface area contributed by atoms with Gasteiger partial charge in [-0.2, -0.15) is 0 Å². The normalized spacial score (nSPS) is 14.5. The van der Waals surface area contributed by atoms with E-state index < -0.39 is 0 Å². The molecular formula is C2H2N4O2. The van der Waals surface area contributed by atoms with Crippen LogP contribution in [0.4, 0.5) is 0 Å². The molecule has 6 heteroatoms. The van der Waals surface area contributed by atoms with Crippen LogP contribution in [-0.2, 0) is 0 Å². The predicted octanol–water partition coefficient (Wildman–Crippen LogP) is -1.55. The van der Waals surface area contributed by atoms with Gasteiger partial charge in [0.05, 0.1) is 0 Å². The summed E-state index contributed by atoms with van der Waals surface area (Å²) in [7, 11) is 0. The number of aromatic nitrogens is 4. The van der Waals surface area contributed by atoms with E-state index in [1.807, 2.05) is 0 Å². The van der Waals surface area contributed by atoms with Gasteiger partial charge in [0.2, 0.25) is 0 Å². The van der Waals surface area contributed by atoms with Crippen LogP contribution < -0.4 is 9.57 Å². The van der Waals surface area contributed by atoms with Crippen LogP contribution in [0.15, 0.2) is 0 Å². The van der Waals surface area contributed by atoms with Crippen LogP contribution in [0.2, 0.25) is 0 Å². The van der Waals surface area contributed by atoms with Gasteiger partial charge in [-0.15, -0.1) is 0 Å². The summed E-state index contributed by atoms with van der Waals surface area (Å²) in [5.74, 6) is 0. The molecule has 8 heavy (non-hydrogen) atoms. The van der Waals surface area contributed by atoms with Crippen molar-refractivity contribution in [1.82, 2.24) is 20.4 Å². The van der Waals surface area contributed by atoms with E-state index in [9.17, 15) is 0 Å². The Hall–Kier alpha value is -1.33. The van der Waals surface area contributed by atoms with Crippen molar-refractivity contribution in [3.05, 3.63) is 0 Å². The maximum absolute atomic E-state index is 4.74. The van der Waals surface area contributed by atoms with E-state index in [2.05, 4.69) is 15.5 Å². The highest BCUT2D eigenvalue weighted by atomic mass is 16.8. The number of ether oxygens (including phenoxy) is 1. The van der Waals surface area contributed by atoms with E-state index in [1.54, 1.807) is 0 Å². The third kappa shape index (κ3) is 0.292. The third-order valence-corrected chi connectivity index (χ3v) is 0.778. The second-order valence-corrected chi connectivity index (χ2v) is 1.23. The molecule has 2 heterocycles. The number of rotatable bonds is 0. The zero-order valence-corrected chi connectivity index (χ0v) is 3.81. The third-order valence-electron chi connectivity index (χ3n) is 0.778. The molecular weight excluding hydrogens is 112 g/mol. The van der Waals surface area contributed by atoms with Crippen LogP contribution in [0.3, 0.4) is 0 Å². The van der Waals surface area contributed by atoms with Gasteiger partial charge in [0.1, 0.15) is 0 Å². The summed E-state index contributed by atoms with van der Waals surface area (Å²) in [5, 5.41) is 10.1. The lowest BCUT2D eigenvalue weighted by Crippen LogP contribution is -2.06. The van der Waals surface area contributed by atoms with Crippen LogP contribution >= 0.6 is 0 Å². The molecule has 42 valence electrons. The van der Waals surface area contributed by atoms with Gasteiger partial charge in [-0.3, -0.25) is 0 Å². The molecule has 0 N–H and O–H groups in total. The second kappa shape index (κ2) is 1.09. The minimum Gasteiger partial charge on any atom is -0.420 e. The molecule has 0 fully saturated rings. The maximum atomic E-state index is 4.74. The molecule has 0 saturated heterocycles. The van der Waals surface area contributed by atoms with Crippen molar-refractivity contribution >= 4 is 0 Å². The lowest BCUT2D eigenvalue weighted by molar-refractivity contribution is 0.0600. The minimum atomic E-state index is 0.178. The van der Waals surface area contributed by atoms with Crippen molar-refractivity contribution in [3.63, 3.8) is 0 Å². The fourth-order valence-corrected chi connectivity index (χ4v) is 0.465. The first-order chi connectivity index (χ1) is 3.97. The van der Waals surface area contributed by atoms with Crippen molar-refractivity contribution in [1.29, 1.82) is 0 Å². The Kier molecular flexibility index (Phi) is 0.495. The van der Waals surface area contributed by atoms with E-state index in [4.69, 9.17) is 9.57 Å². The smallest absolute Gasteiger partial charge is 0.374 e. The van der Waals surface area contributed by atoms with E-state index >= 15 is 0 Å². The Morgan fingerprint density at radius 2 is 2.62 bits per heavy atom. The molecule has 0 aromatic carbocycles. The first-order valence-electron chi connectivity index (χ1n) is 2.01. The molecule has 1 aliphatic rings. The Balaban J connectivity index is 2.54. The number of hydrogen-bond acceptors (Lipinski definition) is 5. The molecule has 1 aromatic rings. The summed E-state index contributed by atoms with van der Waals surface area (Å²) in [4.78, 5) is 5.82. The Bertz CT molecular complexity index is 177. The molecule has 2 rings (SSSR count). The molecule has 0 atom stereocenters. The van der Waals surface area contributed by atoms with Crippen molar-refractivity contribution in [2.75, 3.05) is 6.79 Å². The zero-order chi connectivity index (χ0) is 5.40. The highest BCUT2D eigenvalue weighted by Crippen LogP contribution is 2.04. The van der Waals surface area contributed by atoms with E-state index in [1.165, 1.54) is 0 Å². The summed E-state index contributed by atoms with van der Waals surface area (Å²) in [6.45, 7) is 0.178. The van der Waals surface area contributed by atoms with Gasteiger partial charge in [0, 0.05) is 0 Å². The number of tetrazole rings is 1. The van der Waals surface area contributed by atoms with Gasteiger partial charge in [0.25, 0.3) is 6.79 Å². The summed E-state index contributed by atoms with van der Waals surface area (Å²) in [6, 6.07) is 0.310.